The summed E-state index contributed by atoms with van der Waals surface area (Å²) >= 11 is 0. The van der Waals surface area contributed by atoms with Crippen molar-refractivity contribution in [1.82, 2.24) is 15.1 Å². The molecule has 2 aromatic heterocycles. The molecule has 0 aliphatic rings. The summed E-state index contributed by atoms with van der Waals surface area (Å²) in [6.07, 6.45) is 2.32. The van der Waals surface area contributed by atoms with Crippen molar-refractivity contribution in [3.63, 3.8) is 0 Å². The van der Waals surface area contributed by atoms with Crippen molar-refractivity contribution in [3.05, 3.63) is 65.4 Å². The summed E-state index contributed by atoms with van der Waals surface area (Å²) in [5.41, 5.74) is 7.74. The third-order valence-electron chi connectivity index (χ3n) is 3.37. The summed E-state index contributed by atoms with van der Waals surface area (Å²) in [4.78, 5) is 8.52. The first-order chi connectivity index (χ1) is 11.7. The van der Waals surface area contributed by atoms with Gasteiger partial charge < -0.3 is 10.3 Å². The van der Waals surface area contributed by atoms with Gasteiger partial charge in [0.1, 0.15) is 11.5 Å². The maximum absolute atomic E-state index is 13.1. The molecule has 5 nitrogen and oxygen atoms in total. The molecule has 24 heavy (non-hydrogen) atoms. The molecule has 120 valence electrons. The normalized spacial score (nSPS) is 11.6. The standard InChI is InChI=1S/C18H15FN4O/c1-2-15(20)18-22-17(23-24-18)16-9-8-13(11-21-16)7-6-12-4-3-5-14(19)10-12/h3-5,8-11,15H,2,20H2,1H3. The van der Waals surface area contributed by atoms with Crippen LogP contribution in [0.5, 0.6) is 0 Å². The van der Waals surface area contributed by atoms with Crippen molar-refractivity contribution in [1.29, 1.82) is 0 Å². The Morgan fingerprint density at radius 3 is 2.75 bits per heavy atom. The van der Waals surface area contributed by atoms with E-state index in [2.05, 4.69) is 27.0 Å². The molecule has 0 saturated carbocycles. The Labute approximate surface area is 138 Å². The van der Waals surface area contributed by atoms with Crippen LogP contribution in [-0.2, 0) is 0 Å². The van der Waals surface area contributed by atoms with E-state index in [1.165, 1.54) is 12.1 Å². The molecule has 0 radical (unpaired) electrons. The molecule has 1 atom stereocenters. The van der Waals surface area contributed by atoms with Gasteiger partial charge in [0, 0.05) is 17.3 Å². The molecule has 0 saturated heterocycles. The zero-order valence-electron chi connectivity index (χ0n) is 13.0. The first-order valence-corrected chi connectivity index (χ1v) is 7.49. The molecule has 1 aromatic carbocycles. The van der Waals surface area contributed by atoms with Gasteiger partial charge in [-0.1, -0.05) is 30.0 Å². The molecule has 0 fully saturated rings. The number of halogens is 1. The molecule has 0 aliphatic heterocycles. The number of pyridine rings is 1. The van der Waals surface area contributed by atoms with Crippen LogP contribution in [-0.4, -0.2) is 15.1 Å². The van der Waals surface area contributed by atoms with Crippen LogP contribution in [0.25, 0.3) is 11.5 Å². The summed E-state index contributed by atoms with van der Waals surface area (Å²) in [6, 6.07) is 9.40. The van der Waals surface area contributed by atoms with Crippen LogP contribution >= 0.6 is 0 Å². The molecule has 3 aromatic rings. The summed E-state index contributed by atoms with van der Waals surface area (Å²) in [5.74, 6) is 6.30. The van der Waals surface area contributed by atoms with E-state index < -0.39 is 0 Å². The third kappa shape index (κ3) is 3.65. The minimum atomic E-state index is -0.312. The molecule has 1 unspecified atom stereocenters. The molecular formula is C18H15FN4O. The molecule has 3 rings (SSSR count). The fourth-order valence-electron chi connectivity index (χ4n) is 1.98. The molecule has 0 bridgehead atoms. The van der Waals surface area contributed by atoms with Crippen LogP contribution in [0.4, 0.5) is 4.39 Å². The largest absolute Gasteiger partial charge is 0.337 e. The van der Waals surface area contributed by atoms with E-state index >= 15 is 0 Å². The number of nitrogens with two attached hydrogens (primary N) is 1. The van der Waals surface area contributed by atoms with Crippen LogP contribution in [0.2, 0.25) is 0 Å². The highest BCUT2D eigenvalue weighted by atomic mass is 19.1. The predicted octanol–water partition coefficient (Wildman–Crippen LogP) is 3.08. The SMILES string of the molecule is CCC(N)c1nc(-c2ccc(C#Cc3cccc(F)c3)cn2)no1. The molecular weight excluding hydrogens is 307 g/mol. The summed E-state index contributed by atoms with van der Waals surface area (Å²) < 4.78 is 18.2. The third-order valence-corrected chi connectivity index (χ3v) is 3.37. The summed E-state index contributed by atoms with van der Waals surface area (Å²) in [5, 5.41) is 3.88. The quantitative estimate of drug-likeness (QED) is 0.750. The number of benzene rings is 1. The first-order valence-electron chi connectivity index (χ1n) is 7.49. The van der Waals surface area contributed by atoms with Crippen molar-refractivity contribution in [2.45, 2.75) is 19.4 Å². The lowest BCUT2D eigenvalue weighted by atomic mass is 10.2. The van der Waals surface area contributed by atoms with Gasteiger partial charge in [0.05, 0.1) is 6.04 Å². The van der Waals surface area contributed by atoms with Crippen LogP contribution in [0.15, 0.2) is 47.1 Å². The molecule has 2 heterocycles. The van der Waals surface area contributed by atoms with Crippen LogP contribution in [0, 0.1) is 17.7 Å². The number of hydrogen-bond acceptors (Lipinski definition) is 5. The van der Waals surface area contributed by atoms with Crippen LogP contribution in [0.1, 0.15) is 36.4 Å². The monoisotopic (exact) mass is 322 g/mol. The van der Waals surface area contributed by atoms with Gasteiger partial charge in [-0.15, -0.1) is 0 Å². The van der Waals surface area contributed by atoms with Crippen molar-refractivity contribution in [3.8, 4) is 23.4 Å². The Morgan fingerprint density at radius 2 is 2.04 bits per heavy atom. The summed E-state index contributed by atoms with van der Waals surface area (Å²) in [7, 11) is 0. The fraction of sp³-hybridized carbons (Fsp3) is 0.167. The average molecular weight is 322 g/mol. The Morgan fingerprint density at radius 1 is 1.21 bits per heavy atom. The Balaban J connectivity index is 1.78. The highest BCUT2D eigenvalue weighted by Gasteiger charge is 2.14. The van der Waals surface area contributed by atoms with Crippen molar-refractivity contribution in [2.24, 2.45) is 5.73 Å². The second-order valence-corrected chi connectivity index (χ2v) is 5.16. The highest BCUT2D eigenvalue weighted by molar-refractivity contribution is 5.50. The molecule has 0 amide bonds. The van der Waals surface area contributed by atoms with Gasteiger partial charge in [0.25, 0.3) is 0 Å². The van der Waals surface area contributed by atoms with Gasteiger partial charge in [-0.25, -0.2) is 4.39 Å². The number of rotatable bonds is 3. The first kappa shape index (κ1) is 15.8. The lowest BCUT2D eigenvalue weighted by Crippen LogP contribution is -2.08. The van der Waals surface area contributed by atoms with E-state index in [0.29, 0.717) is 35.0 Å². The minimum Gasteiger partial charge on any atom is -0.337 e. The maximum Gasteiger partial charge on any atom is 0.243 e. The van der Waals surface area contributed by atoms with Crippen LogP contribution in [0.3, 0.4) is 0 Å². The van der Waals surface area contributed by atoms with Gasteiger partial charge in [0.15, 0.2) is 0 Å². The highest BCUT2D eigenvalue weighted by Crippen LogP contribution is 2.17. The van der Waals surface area contributed by atoms with Gasteiger partial charge >= 0.3 is 0 Å². The smallest absolute Gasteiger partial charge is 0.243 e. The molecule has 2 N–H and O–H groups in total. The second kappa shape index (κ2) is 7.02. The van der Waals surface area contributed by atoms with Gasteiger partial charge in [0.2, 0.25) is 11.7 Å². The minimum absolute atomic E-state index is 0.275. The molecule has 0 spiro atoms. The van der Waals surface area contributed by atoms with Gasteiger partial charge in [-0.3, -0.25) is 4.98 Å². The zero-order valence-corrected chi connectivity index (χ0v) is 13.0. The Kier molecular flexibility index (Phi) is 4.64. The molecule has 6 heteroatoms. The second-order valence-electron chi connectivity index (χ2n) is 5.16. The zero-order chi connectivity index (χ0) is 16.9. The van der Waals surface area contributed by atoms with Gasteiger partial charge in [-0.2, -0.15) is 4.98 Å². The Bertz CT molecular complexity index is 893. The lowest BCUT2D eigenvalue weighted by molar-refractivity contribution is 0.352. The molecule has 0 aliphatic carbocycles. The van der Waals surface area contributed by atoms with E-state index in [1.54, 1.807) is 30.5 Å². The predicted molar refractivity (Wildman–Crippen MR) is 87.1 cm³/mol. The maximum atomic E-state index is 13.1. The van der Waals surface area contributed by atoms with E-state index in [4.69, 9.17) is 10.3 Å². The lowest BCUT2D eigenvalue weighted by Gasteiger charge is -1.99. The van der Waals surface area contributed by atoms with Crippen molar-refractivity contribution < 1.29 is 8.91 Å². The number of hydrogen-bond donors (Lipinski definition) is 1. The average Bonchev–Trinajstić information content (AvgIpc) is 3.10. The van der Waals surface area contributed by atoms with Crippen molar-refractivity contribution in [2.75, 3.05) is 0 Å². The van der Waals surface area contributed by atoms with Gasteiger partial charge in [-0.05, 0) is 36.8 Å². The fourth-order valence-corrected chi connectivity index (χ4v) is 1.98. The van der Waals surface area contributed by atoms with E-state index in [-0.39, 0.29) is 11.9 Å². The van der Waals surface area contributed by atoms with E-state index in [1.807, 2.05) is 6.92 Å². The summed E-state index contributed by atoms with van der Waals surface area (Å²) in [6.45, 7) is 1.94. The number of nitrogens with zero attached hydrogens (tertiary/aromatic N) is 3. The van der Waals surface area contributed by atoms with E-state index in [0.717, 1.165) is 0 Å². The van der Waals surface area contributed by atoms with E-state index in [9.17, 15) is 4.39 Å². The topological polar surface area (TPSA) is 77.8 Å². The number of aromatic nitrogens is 3. The van der Waals surface area contributed by atoms with Crippen LogP contribution < -0.4 is 5.73 Å². The van der Waals surface area contributed by atoms with Crippen molar-refractivity contribution >= 4 is 0 Å². The Hall–Kier alpha value is -3.04.